The molecule has 1 aromatic carbocycles. The Morgan fingerprint density at radius 3 is 2.67 bits per heavy atom. The van der Waals surface area contributed by atoms with Crippen molar-refractivity contribution in [2.45, 2.75) is 4.83 Å². The van der Waals surface area contributed by atoms with E-state index in [-0.39, 0.29) is 4.83 Å². The van der Waals surface area contributed by atoms with E-state index in [0.717, 1.165) is 4.34 Å². The van der Waals surface area contributed by atoms with E-state index in [4.69, 9.17) is 11.6 Å². The molecule has 0 N–H and O–H groups in total. The lowest BCUT2D eigenvalue weighted by Gasteiger charge is -2.07. The van der Waals surface area contributed by atoms with E-state index >= 15 is 0 Å². The number of hydrogen-bond donors (Lipinski definition) is 0. The van der Waals surface area contributed by atoms with Crippen LogP contribution in [0, 0.1) is 3.57 Å². The monoisotopic (exact) mass is 412 g/mol. The first-order valence-electron chi connectivity index (χ1n) is 4.31. The Kier molecular flexibility index (Phi) is 4.10. The molecule has 2 rings (SSSR count). The van der Waals surface area contributed by atoms with Gasteiger partial charge in [-0.25, -0.2) is 0 Å². The van der Waals surface area contributed by atoms with E-state index in [9.17, 15) is 0 Å². The zero-order valence-corrected chi connectivity index (χ0v) is 12.9. The standard InChI is InChI=1S/C11H7BrClIS/c12-11(9-4-5-10(13)15-9)7-2-1-3-8(14)6-7/h1-6,11H. The molecule has 0 nitrogen and oxygen atoms in total. The lowest BCUT2D eigenvalue weighted by atomic mass is 10.1. The third kappa shape index (κ3) is 2.96. The predicted molar refractivity (Wildman–Crippen MR) is 79.3 cm³/mol. The molecule has 0 saturated heterocycles. The summed E-state index contributed by atoms with van der Waals surface area (Å²) in [5, 5.41) is 0. The van der Waals surface area contributed by atoms with Crippen molar-refractivity contribution in [3.63, 3.8) is 0 Å². The van der Waals surface area contributed by atoms with E-state index in [2.05, 4.69) is 68.9 Å². The van der Waals surface area contributed by atoms with Crippen LogP contribution in [-0.4, -0.2) is 0 Å². The van der Waals surface area contributed by atoms with Gasteiger partial charge in [-0.1, -0.05) is 39.7 Å². The molecular formula is C11H7BrClIS. The van der Waals surface area contributed by atoms with Crippen molar-refractivity contribution < 1.29 is 0 Å². The second-order valence-electron chi connectivity index (χ2n) is 3.06. The minimum atomic E-state index is 0.240. The number of alkyl halides is 1. The normalized spacial score (nSPS) is 12.7. The SMILES string of the molecule is Clc1ccc(C(Br)c2cccc(I)c2)s1. The fraction of sp³-hybridized carbons (Fsp3) is 0.0909. The van der Waals surface area contributed by atoms with E-state index in [1.54, 1.807) is 11.3 Å². The molecule has 1 atom stereocenters. The van der Waals surface area contributed by atoms with Crippen LogP contribution >= 0.6 is 61.5 Å². The molecule has 0 radical (unpaired) electrons. The summed E-state index contributed by atoms with van der Waals surface area (Å²) < 4.78 is 2.08. The smallest absolute Gasteiger partial charge is 0.0931 e. The second kappa shape index (κ2) is 5.17. The summed E-state index contributed by atoms with van der Waals surface area (Å²) in [5.41, 5.74) is 1.26. The number of benzene rings is 1. The summed E-state index contributed by atoms with van der Waals surface area (Å²) >= 11 is 13.5. The summed E-state index contributed by atoms with van der Waals surface area (Å²) in [6, 6.07) is 12.4. The molecule has 2 aromatic rings. The van der Waals surface area contributed by atoms with Crippen molar-refractivity contribution in [2.75, 3.05) is 0 Å². The maximum Gasteiger partial charge on any atom is 0.0931 e. The van der Waals surface area contributed by atoms with Gasteiger partial charge in [0, 0.05) is 8.45 Å². The van der Waals surface area contributed by atoms with Crippen molar-refractivity contribution in [2.24, 2.45) is 0 Å². The van der Waals surface area contributed by atoms with Gasteiger partial charge in [-0.05, 0) is 52.4 Å². The molecule has 1 unspecified atom stereocenters. The fourth-order valence-corrected chi connectivity index (χ4v) is 3.65. The predicted octanol–water partition coefficient (Wildman–Crippen LogP) is 5.49. The van der Waals surface area contributed by atoms with Crippen LogP contribution in [0.2, 0.25) is 4.34 Å². The van der Waals surface area contributed by atoms with Crippen LogP contribution in [0.3, 0.4) is 0 Å². The largest absolute Gasteiger partial charge is 0.127 e. The lowest BCUT2D eigenvalue weighted by Crippen LogP contribution is -1.89. The molecular weight excluding hydrogens is 406 g/mol. The van der Waals surface area contributed by atoms with Gasteiger partial charge < -0.3 is 0 Å². The van der Waals surface area contributed by atoms with E-state index < -0.39 is 0 Å². The summed E-state index contributed by atoms with van der Waals surface area (Å²) in [4.78, 5) is 1.48. The minimum absolute atomic E-state index is 0.240. The van der Waals surface area contributed by atoms with Gasteiger partial charge >= 0.3 is 0 Å². The Balaban J connectivity index is 2.32. The Labute approximate surface area is 120 Å². The van der Waals surface area contributed by atoms with Gasteiger partial charge in [0.1, 0.15) is 0 Å². The molecule has 0 fully saturated rings. The molecule has 78 valence electrons. The van der Waals surface area contributed by atoms with Gasteiger partial charge in [-0.2, -0.15) is 0 Å². The fourth-order valence-electron chi connectivity index (χ4n) is 1.29. The molecule has 0 amide bonds. The summed E-state index contributed by atoms with van der Waals surface area (Å²) in [5.74, 6) is 0. The Morgan fingerprint density at radius 1 is 1.27 bits per heavy atom. The number of halogens is 3. The molecule has 0 aliphatic heterocycles. The van der Waals surface area contributed by atoms with Crippen LogP contribution in [0.15, 0.2) is 36.4 Å². The van der Waals surface area contributed by atoms with Gasteiger partial charge in [0.25, 0.3) is 0 Å². The van der Waals surface area contributed by atoms with Crippen LogP contribution in [-0.2, 0) is 0 Å². The molecule has 1 heterocycles. The highest BCUT2D eigenvalue weighted by Gasteiger charge is 2.12. The van der Waals surface area contributed by atoms with Crippen molar-refractivity contribution in [3.05, 3.63) is 54.7 Å². The first-order valence-corrected chi connectivity index (χ1v) is 7.50. The lowest BCUT2D eigenvalue weighted by molar-refractivity contribution is 1.22. The molecule has 0 saturated carbocycles. The number of rotatable bonds is 2. The Bertz CT molecular complexity index is 469. The second-order valence-corrected chi connectivity index (χ2v) is 6.97. The van der Waals surface area contributed by atoms with Gasteiger partial charge in [-0.15, -0.1) is 11.3 Å². The van der Waals surface area contributed by atoms with Crippen molar-refractivity contribution in [1.82, 2.24) is 0 Å². The molecule has 0 bridgehead atoms. The van der Waals surface area contributed by atoms with Crippen LogP contribution in [0.25, 0.3) is 0 Å². The van der Waals surface area contributed by atoms with Gasteiger partial charge in [0.2, 0.25) is 0 Å². The molecule has 0 aliphatic rings. The van der Waals surface area contributed by atoms with E-state index in [0.29, 0.717) is 0 Å². The first-order chi connectivity index (χ1) is 7.16. The summed E-state index contributed by atoms with van der Waals surface area (Å²) in [6.45, 7) is 0. The van der Waals surface area contributed by atoms with Crippen LogP contribution < -0.4 is 0 Å². The third-order valence-electron chi connectivity index (χ3n) is 1.99. The van der Waals surface area contributed by atoms with E-state index in [1.807, 2.05) is 6.07 Å². The molecule has 4 heteroatoms. The molecule has 0 spiro atoms. The highest BCUT2D eigenvalue weighted by atomic mass is 127. The third-order valence-corrected chi connectivity index (χ3v) is 5.28. The van der Waals surface area contributed by atoms with Gasteiger partial charge in [0.05, 0.1) is 9.16 Å². The zero-order chi connectivity index (χ0) is 10.8. The van der Waals surface area contributed by atoms with Crippen LogP contribution in [0.1, 0.15) is 15.3 Å². The average molecular weight is 414 g/mol. The summed E-state index contributed by atoms with van der Waals surface area (Å²) in [6.07, 6.45) is 0. The average Bonchev–Trinajstić information content (AvgIpc) is 2.64. The van der Waals surface area contributed by atoms with Crippen molar-refractivity contribution in [3.8, 4) is 0 Å². The zero-order valence-electron chi connectivity index (χ0n) is 7.58. The van der Waals surface area contributed by atoms with Crippen molar-refractivity contribution in [1.29, 1.82) is 0 Å². The van der Waals surface area contributed by atoms with Crippen LogP contribution in [0.5, 0.6) is 0 Å². The summed E-state index contributed by atoms with van der Waals surface area (Å²) in [7, 11) is 0. The topological polar surface area (TPSA) is 0 Å². The van der Waals surface area contributed by atoms with Gasteiger partial charge in [0.15, 0.2) is 0 Å². The maximum absolute atomic E-state index is 5.92. The number of hydrogen-bond acceptors (Lipinski definition) is 1. The van der Waals surface area contributed by atoms with Crippen LogP contribution in [0.4, 0.5) is 0 Å². The maximum atomic E-state index is 5.92. The number of thiophene rings is 1. The van der Waals surface area contributed by atoms with E-state index in [1.165, 1.54) is 14.0 Å². The van der Waals surface area contributed by atoms with Gasteiger partial charge in [-0.3, -0.25) is 0 Å². The van der Waals surface area contributed by atoms with Crippen molar-refractivity contribution >= 4 is 61.5 Å². The molecule has 15 heavy (non-hydrogen) atoms. The quantitative estimate of drug-likeness (QED) is 0.451. The first kappa shape index (κ1) is 11.9. The Hall–Kier alpha value is 0.420. The minimum Gasteiger partial charge on any atom is -0.127 e. The highest BCUT2D eigenvalue weighted by Crippen LogP contribution is 2.37. The molecule has 1 aromatic heterocycles. The highest BCUT2D eigenvalue weighted by molar-refractivity contribution is 14.1. The molecule has 0 aliphatic carbocycles. The Morgan fingerprint density at radius 2 is 2.07 bits per heavy atom.